The number of nitro groups is 1. The van der Waals surface area contributed by atoms with Crippen molar-refractivity contribution in [1.82, 2.24) is 0 Å². The minimum Gasteiger partial charge on any atom is -0.461 e. The molecule has 0 N–H and O–H groups in total. The maximum atomic E-state index is 11.8. The first kappa shape index (κ1) is 16.3. The number of carbonyl (C=O) groups excluding carboxylic acids is 1. The fourth-order valence-electron chi connectivity index (χ4n) is 1.75. The van der Waals surface area contributed by atoms with Crippen molar-refractivity contribution < 1.29 is 14.5 Å². The predicted octanol–water partition coefficient (Wildman–Crippen LogP) is 4.19. The van der Waals surface area contributed by atoms with Crippen LogP contribution in [0.25, 0.3) is 0 Å². The molecule has 2 aromatic carbocycles. The summed E-state index contributed by atoms with van der Waals surface area (Å²) >= 11 is 11.7. The number of non-ortho nitro benzene ring substituents is 1. The van der Waals surface area contributed by atoms with Gasteiger partial charge in [-0.15, -0.1) is 0 Å². The van der Waals surface area contributed by atoms with Crippen LogP contribution >= 0.6 is 23.2 Å². The lowest BCUT2D eigenvalue weighted by Crippen LogP contribution is -2.08. The van der Waals surface area contributed by atoms with Crippen molar-refractivity contribution in [3.8, 4) is 0 Å². The van der Waals surface area contributed by atoms with Gasteiger partial charge in [-0.25, -0.2) is 0 Å². The third kappa shape index (κ3) is 4.44. The summed E-state index contributed by atoms with van der Waals surface area (Å²) in [6.07, 6.45) is 0.0733. The quantitative estimate of drug-likeness (QED) is 0.465. The molecule has 0 unspecified atom stereocenters. The number of rotatable bonds is 5. The maximum Gasteiger partial charge on any atom is 0.310 e. The van der Waals surface area contributed by atoms with Crippen molar-refractivity contribution in [3.63, 3.8) is 0 Å². The highest BCUT2D eigenvalue weighted by Crippen LogP contribution is 2.23. The Morgan fingerprint density at radius 2 is 1.68 bits per heavy atom. The van der Waals surface area contributed by atoms with E-state index in [1.54, 1.807) is 30.3 Å². The van der Waals surface area contributed by atoms with Crippen molar-refractivity contribution in [3.05, 3.63) is 73.8 Å². The molecule has 7 heteroatoms. The molecular formula is C15H11Cl2NO4. The molecule has 0 spiro atoms. The van der Waals surface area contributed by atoms with Gasteiger partial charge >= 0.3 is 5.97 Å². The van der Waals surface area contributed by atoms with Crippen LogP contribution in [0.2, 0.25) is 10.0 Å². The smallest absolute Gasteiger partial charge is 0.310 e. The second kappa shape index (κ2) is 7.24. The van der Waals surface area contributed by atoms with Gasteiger partial charge in [0.05, 0.1) is 21.4 Å². The van der Waals surface area contributed by atoms with E-state index in [1.165, 1.54) is 12.1 Å². The molecule has 0 radical (unpaired) electrons. The van der Waals surface area contributed by atoms with Crippen LogP contribution in [0.3, 0.4) is 0 Å². The molecule has 114 valence electrons. The fraction of sp³-hybridized carbons (Fsp3) is 0.133. The molecule has 0 aliphatic carbocycles. The zero-order valence-corrected chi connectivity index (χ0v) is 12.8. The summed E-state index contributed by atoms with van der Waals surface area (Å²) in [5, 5.41) is 11.3. The second-order valence-corrected chi connectivity index (χ2v) is 5.32. The average Bonchev–Trinajstić information content (AvgIpc) is 2.49. The molecule has 5 nitrogen and oxygen atoms in total. The summed E-state index contributed by atoms with van der Waals surface area (Å²) in [6.45, 7) is 0.0537. The first-order chi connectivity index (χ1) is 10.5. The first-order valence-electron chi connectivity index (χ1n) is 6.28. The number of halogens is 2. The summed E-state index contributed by atoms with van der Waals surface area (Å²) in [6, 6.07) is 10.7. The van der Waals surface area contributed by atoms with Crippen molar-refractivity contribution >= 4 is 34.9 Å². The van der Waals surface area contributed by atoms with E-state index in [0.29, 0.717) is 21.2 Å². The normalized spacial score (nSPS) is 10.3. The molecular weight excluding hydrogens is 329 g/mol. The number of nitrogens with zero attached hydrogens (tertiary/aromatic N) is 1. The average molecular weight is 340 g/mol. The van der Waals surface area contributed by atoms with Crippen molar-refractivity contribution in [2.24, 2.45) is 0 Å². The van der Waals surface area contributed by atoms with Crippen LogP contribution in [-0.4, -0.2) is 10.9 Å². The van der Waals surface area contributed by atoms with Crippen LogP contribution in [0.15, 0.2) is 42.5 Å². The van der Waals surface area contributed by atoms with E-state index in [4.69, 9.17) is 27.9 Å². The van der Waals surface area contributed by atoms with Gasteiger partial charge in [0.15, 0.2) is 0 Å². The number of carbonyl (C=O) groups is 1. The van der Waals surface area contributed by atoms with E-state index in [2.05, 4.69) is 0 Å². The molecule has 0 saturated heterocycles. The van der Waals surface area contributed by atoms with E-state index >= 15 is 0 Å². The molecule has 2 rings (SSSR count). The monoisotopic (exact) mass is 339 g/mol. The van der Waals surface area contributed by atoms with Gasteiger partial charge in [-0.2, -0.15) is 0 Å². The molecule has 0 aromatic heterocycles. The molecule has 0 aliphatic heterocycles. The van der Waals surface area contributed by atoms with Crippen LogP contribution in [0.4, 0.5) is 5.69 Å². The predicted molar refractivity (Wildman–Crippen MR) is 83.1 cm³/mol. The number of esters is 1. The van der Waals surface area contributed by atoms with Crippen LogP contribution in [0, 0.1) is 10.1 Å². The number of benzene rings is 2. The molecule has 0 atom stereocenters. The Balaban J connectivity index is 1.89. The number of hydrogen-bond acceptors (Lipinski definition) is 4. The summed E-state index contributed by atoms with van der Waals surface area (Å²) in [5.41, 5.74) is 1.36. The van der Waals surface area contributed by atoms with Gasteiger partial charge in [-0.3, -0.25) is 14.9 Å². The van der Waals surface area contributed by atoms with E-state index in [-0.39, 0.29) is 18.7 Å². The topological polar surface area (TPSA) is 69.4 Å². The van der Waals surface area contributed by atoms with Crippen LogP contribution in [-0.2, 0) is 22.6 Å². The summed E-state index contributed by atoms with van der Waals surface area (Å²) in [7, 11) is 0. The molecule has 0 saturated carbocycles. The highest BCUT2D eigenvalue weighted by Gasteiger charge is 2.08. The Labute approximate surface area is 136 Å². The summed E-state index contributed by atoms with van der Waals surface area (Å²) < 4.78 is 5.12. The number of hydrogen-bond donors (Lipinski definition) is 0. The standard InChI is InChI=1S/C15H11Cl2NO4/c16-13-6-3-11(7-14(13)17)8-15(19)22-9-10-1-4-12(5-2-10)18(20)21/h1-7H,8-9H2. The molecule has 0 amide bonds. The van der Waals surface area contributed by atoms with Gasteiger partial charge in [0.25, 0.3) is 5.69 Å². The van der Waals surface area contributed by atoms with Crippen LogP contribution in [0.1, 0.15) is 11.1 Å². The Morgan fingerprint density at radius 1 is 1.05 bits per heavy atom. The Hall–Kier alpha value is -2.11. The molecule has 22 heavy (non-hydrogen) atoms. The van der Waals surface area contributed by atoms with E-state index in [0.717, 1.165) is 0 Å². The summed E-state index contributed by atoms with van der Waals surface area (Å²) in [4.78, 5) is 21.8. The van der Waals surface area contributed by atoms with E-state index in [1.807, 2.05) is 0 Å². The molecule has 0 aliphatic rings. The largest absolute Gasteiger partial charge is 0.461 e. The molecule has 2 aromatic rings. The van der Waals surface area contributed by atoms with Crippen LogP contribution in [0.5, 0.6) is 0 Å². The maximum absolute atomic E-state index is 11.8. The number of ether oxygens (including phenoxy) is 1. The lowest BCUT2D eigenvalue weighted by molar-refractivity contribution is -0.384. The molecule has 0 fully saturated rings. The minimum atomic E-state index is -0.486. The van der Waals surface area contributed by atoms with Crippen molar-refractivity contribution in [2.45, 2.75) is 13.0 Å². The fourth-order valence-corrected chi connectivity index (χ4v) is 2.07. The summed E-state index contributed by atoms with van der Waals surface area (Å²) in [5.74, 6) is -0.420. The Morgan fingerprint density at radius 3 is 2.27 bits per heavy atom. The van der Waals surface area contributed by atoms with Gasteiger partial charge in [0.2, 0.25) is 0 Å². The Bertz CT molecular complexity index is 701. The lowest BCUT2D eigenvalue weighted by atomic mass is 10.1. The highest BCUT2D eigenvalue weighted by atomic mass is 35.5. The third-order valence-electron chi connectivity index (χ3n) is 2.88. The molecule has 0 heterocycles. The zero-order valence-electron chi connectivity index (χ0n) is 11.3. The van der Waals surface area contributed by atoms with Gasteiger partial charge in [0, 0.05) is 12.1 Å². The van der Waals surface area contributed by atoms with E-state index in [9.17, 15) is 14.9 Å². The first-order valence-corrected chi connectivity index (χ1v) is 7.04. The Kier molecular flexibility index (Phi) is 5.35. The van der Waals surface area contributed by atoms with Gasteiger partial charge in [-0.1, -0.05) is 29.3 Å². The lowest BCUT2D eigenvalue weighted by Gasteiger charge is -2.06. The minimum absolute atomic E-state index is 0.00844. The van der Waals surface area contributed by atoms with Crippen molar-refractivity contribution in [1.29, 1.82) is 0 Å². The number of nitro benzene ring substituents is 1. The van der Waals surface area contributed by atoms with Crippen LogP contribution < -0.4 is 0 Å². The second-order valence-electron chi connectivity index (χ2n) is 4.51. The molecule has 0 bridgehead atoms. The van der Waals surface area contributed by atoms with Crippen molar-refractivity contribution in [2.75, 3.05) is 0 Å². The van der Waals surface area contributed by atoms with Gasteiger partial charge in [-0.05, 0) is 35.4 Å². The van der Waals surface area contributed by atoms with E-state index < -0.39 is 10.9 Å². The zero-order chi connectivity index (χ0) is 16.1. The van der Waals surface area contributed by atoms with Gasteiger partial charge in [0.1, 0.15) is 6.61 Å². The SMILES string of the molecule is O=C(Cc1ccc(Cl)c(Cl)c1)OCc1ccc([N+](=O)[O-])cc1. The van der Waals surface area contributed by atoms with Gasteiger partial charge < -0.3 is 4.74 Å². The highest BCUT2D eigenvalue weighted by molar-refractivity contribution is 6.42. The third-order valence-corrected chi connectivity index (χ3v) is 3.62.